The van der Waals surface area contributed by atoms with Crippen LogP contribution < -0.4 is 4.72 Å². The number of nitrogens with one attached hydrogen (secondary N) is 1. The summed E-state index contributed by atoms with van der Waals surface area (Å²) < 4.78 is 26.7. The SMILES string of the molecule is CC1(C)C(CO)C1NS(=O)(=O)c1ccccc1. The third kappa shape index (κ3) is 2.22. The number of aliphatic hydroxyl groups is 1. The molecule has 0 bridgehead atoms. The lowest BCUT2D eigenvalue weighted by atomic mass is 10.1. The Morgan fingerprint density at radius 1 is 1.29 bits per heavy atom. The van der Waals surface area contributed by atoms with Gasteiger partial charge in [0, 0.05) is 18.6 Å². The minimum atomic E-state index is -3.47. The Balaban J connectivity index is 2.16. The van der Waals surface area contributed by atoms with Gasteiger partial charge in [0.25, 0.3) is 0 Å². The van der Waals surface area contributed by atoms with Crippen LogP contribution >= 0.6 is 0 Å². The van der Waals surface area contributed by atoms with Gasteiger partial charge in [-0.25, -0.2) is 13.1 Å². The summed E-state index contributed by atoms with van der Waals surface area (Å²) in [7, 11) is -3.47. The molecule has 0 radical (unpaired) electrons. The van der Waals surface area contributed by atoms with Gasteiger partial charge < -0.3 is 5.11 Å². The fourth-order valence-corrected chi connectivity index (χ4v) is 3.61. The van der Waals surface area contributed by atoms with E-state index in [2.05, 4.69) is 4.72 Å². The molecule has 1 saturated carbocycles. The lowest BCUT2D eigenvalue weighted by molar-refractivity contribution is 0.256. The summed E-state index contributed by atoms with van der Waals surface area (Å²) in [6.45, 7) is 3.91. The van der Waals surface area contributed by atoms with Crippen molar-refractivity contribution in [1.29, 1.82) is 0 Å². The van der Waals surface area contributed by atoms with Crippen LogP contribution in [0.15, 0.2) is 35.2 Å². The van der Waals surface area contributed by atoms with Crippen molar-refractivity contribution >= 4 is 10.0 Å². The highest BCUT2D eigenvalue weighted by Gasteiger charge is 2.58. The van der Waals surface area contributed by atoms with Gasteiger partial charge in [0.05, 0.1) is 4.90 Å². The summed E-state index contributed by atoms with van der Waals surface area (Å²) in [6.07, 6.45) is 0. The molecule has 0 amide bonds. The topological polar surface area (TPSA) is 66.4 Å². The summed E-state index contributed by atoms with van der Waals surface area (Å²) in [4.78, 5) is 0.263. The van der Waals surface area contributed by atoms with E-state index in [9.17, 15) is 8.42 Å². The lowest BCUT2D eigenvalue weighted by Gasteiger charge is -2.07. The van der Waals surface area contributed by atoms with Crippen LogP contribution in [0, 0.1) is 11.3 Å². The largest absolute Gasteiger partial charge is 0.396 e. The molecule has 0 spiro atoms. The zero-order valence-electron chi connectivity index (χ0n) is 9.92. The third-order valence-corrected chi connectivity index (χ3v) is 5.04. The van der Waals surface area contributed by atoms with Crippen molar-refractivity contribution in [3.63, 3.8) is 0 Å². The first kappa shape index (κ1) is 12.5. The standard InChI is InChI=1S/C12H17NO3S/c1-12(2)10(8-14)11(12)13-17(15,16)9-6-4-3-5-7-9/h3-7,10-11,13-14H,8H2,1-2H3. The first-order valence-corrected chi connectivity index (χ1v) is 7.06. The fourth-order valence-electron chi connectivity index (χ4n) is 2.15. The second-order valence-corrected chi connectivity index (χ2v) is 6.74. The first-order valence-electron chi connectivity index (χ1n) is 5.58. The Kier molecular flexibility index (Phi) is 3.01. The molecule has 0 heterocycles. The molecule has 2 atom stereocenters. The first-order chi connectivity index (χ1) is 7.89. The predicted molar refractivity (Wildman–Crippen MR) is 64.9 cm³/mol. The highest BCUT2D eigenvalue weighted by molar-refractivity contribution is 7.89. The van der Waals surface area contributed by atoms with E-state index in [0.29, 0.717) is 0 Å². The molecule has 5 heteroatoms. The van der Waals surface area contributed by atoms with E-state index in [1.165, 1.54) is 0 Å². The highest BCUT2D eigenvalue weighted by atomic mass is 32.2. The molecule has 2 N–H and O–H groups in total. The maximum atomic E-state index is 12.0. The van der Waals surface area contributed by atoms with Gasteiger partial charge in [-0.1, -0.05) is 32.0 Å². The van der Waals surface area contributed by atoms with Crippen molar-refractivity contribution in [2.45, 2.75) is 24.8 Å². The second-order valence-electron chi connectivity index (χ2n) is 5.02. The highest BCUT2D eigenvalue weighted by Crippen LogP contribution is 2.51. The molecule has 4 nitrogen and oxygen atoms in total. The van der Waals surface area contributed by atoms with Gasteiger partial charge in [0.15, 0.2) is 0 Å². The molecule has 0 aliphatic heterocycles. The fraction of sp³-hybridized carbons (Fsp3) is 0.500. The molecule has 1 fully saturated rings. The number of hydrogen-bond donors (Lipinski definition) is 2. The summed E-state index contributed by atoms with van der Waals surface area (Å²) in [5, 5.41) is 9.14. The molecule has 1 aliphatic rings. The van der Waals surface area contributed by atoms with E-state index < -0.39 is 10.0 Å². The van der Waals surface area contributed by atoms with Crippen molar-refractivity contribution in [3.05, 3.63) is 30.3 Å². The average Bonchev–Trinajstić information content (AvgIpc) is 2.80. The van der Waals surface area contributed by atoms with E-state index in [1.807, 2.05) is 13.8 Å². The zero-order valence-corrected chi connectivity index (χ0v) is 10.7. The lowest BCUT2D eigenvalue weighted by Crippen LogP contribution is -2.29. The normalized spacial score (nSPS) is 26.8. The molecule has 17 heavy (non-hydrogen) atoms. The Bertz CT molecular complexity index is 496. The van der Waals surface area contributed by atoms with Gasteiger partial charge in [0.2, 0.25) is 10.0 Å². The van der Waals surface area contributed by atoms with Crippen LogP contribution in [0.25, 0.3) is 0 Å². The average molecular weight is 255 g/mol. The van der Waals surface area contributed by atoms with Crippen LogP contribution in [0.5, 0.6) is 0 Å². The van der Waals surface area contributed by atoms with Gasteiger partial charge in [-0.3, -0.25) is 0 Å². The van der Waals surface area contributed by atoms with Gasteiger partial charge in [-0.15, -0.1) is 0 Å². The molecule has 1 aliphatic carbocycles. The van der Waals surface area contributed by atoms with Crippen LogP contribution in [0.2, 0.25) is 0 Å². The van der Waals surface area contributed by atoms with Crippen molar-refractivity contribution < 1.29 is 13.5 Å². The Hall–Kier alpha value is -0.910. The van der Waals surface area contributed by atoms with Gasteiger partial charge in [0.1, 0.15) is 0 Å². The van der Waals surface area contributed by atoms with Crippen LogP contribution in [0.3, 0.4) is 0 Å². The van der Waals surface area contributed by atoms with E-state index in [1.54, 1.807) is 30.3 Å². The van der Waals surface area contributed by atoms with Crippen molar-refractivity contribution in [2.75, 3.05) is 6.61 Å². The Morgan fingerprint density at radius 3 is 2.35 bits per heavy atom. The summed E-state index contributed by atoms with van der Waals surface area (Å²) in [6, 6.07) is 8.10. The summed E-state index contributed by atoms with van der Waals surface area (Å²) in [5.41, 5.74) is -0.170. The molecular formula is C12H17NO3S. The van der Waals surface area contributed by atoms with Crippen molar-refractivity contribution in [1.82, 2.24) is 4.72 Å². The number of rotatable bonds is 4. The van der Waals surface area contributed by atoms with Crippen LogP contribution in [-0.2, 0) is 10.0 Å². The molecule has 1 aromatic rings. The molecule has 2 rings (SSSR count). The maximum absolute atomic E-state index is 12.0. The quantitative estimate of drug-likeness (QED) is 0.843. The van der Waals surface area contributed by atoms with Gasteiger partial charge in [-0.05, 0) is 17.5 Å². The van der Waals surface area contributed by atoms with Gasteiger partial charge >= 0.3 is 0 Å². The second kappa shape index (κ2) is 4.08. The van der Waals surface area contributed by atoms with Crippen molar-refractivity contribution in [3.8, 4) is 0 Å². The molecule has 0 aromatic heterocycles. The van der Waals surface area contributed by atoms with Crippen LogP contribution in [-0.4, -0.2) is 26.2 Å². The van der Waals surface area contributed by atoms with Crippen LogP contribution in [0.4, 0.5) is 0 Å². The Morgan fingerprint density at radius 2 is 1.88 bits per heavy atom. The number of hydrogen-bond acceptors (Lipinski definition) is 3. The zero-order chi connectivity index (χ0) is 12.7. The maximum Gasteiger partial charge on any atom is 0.240 e. The minimum Gasteiger partial charge on any atom is -0.396 e. The number of aliphatic hydroxyl groups excluding tert-OH is 1. The van der Waals surface area contributed by atoms with Gasteiger partial charge in [-0.2, -0.15) is 0 Å². The molecule has 0 saturated heterocycles. The monoisotopic (exact) mass is 255 g/mol. The molecule has 2 unspecified atom stereocenters. The van der Waals surface area contributed by atoms with E-state index in [-0.39, 0.29) is 28.9 Å². The molecule has 94 valence electrons. The third-order valence-electron chi connectivity index (χ3n) is 3.58. The number of benzene rings is 1. The molecule has 1 aromatic carbocycles. The van der Waals surface area contributed by atoms with Crippen LogP contribution in [0.1, 0.15) is 13.8 Å². The van der Waals surface area contributed by atoms with E-state index in [0.717, 1.165) is 0 Å². The smallest absolute Gasteiger partial charge is 0.240 e. The minimum absolute atomic E-state index is 0.000914. The number of sulfonamides is 1. The summed E-state index contributed by atoms with van der Waals surface area (Å²) in [5.74, 6) is 0.000914. The molecular weight excluding hydrogens is 238 g/mol. The summed E-state index contributed by atoms with van der Waals surface area (Å²) >= 11 is 0. The predicted octanol–water partition coefficient (Wildman–Crippen LogP) is 0.982. The van der Waals surface area contributed by atoms with E-state index >= 15 is 0 Å². The Labute approximate surface area is 102 Å². The van der Waals surface area contributed by atoms with Crippen molar-refractivity contribution in [2.24, 2.45) is 11.3 Å². The van der Waals surface area contributed by atoms with E-state index in [4.69, 9.17) is 5.11 Å².